The predicted octanol–water partition coefficient (Wildman–Crippen LogP) is 2.47. The van der Waals surface area contributed by atoms with Gasteiger partial charge < -0.3 is 9.80 Å². The zero-order chi connectivity index (χ0) is 22.2. The lowest BCUT2D eigenvalue weighted by Gasteiger charge is -2.37. The summed E-state index contributed by atoms with van der Waals surface area (Å²) in [5, 5.41) is 1.75. The van der Waals surface area contributed by atoms with Gasteiger partial charge in [0, 0.05) is 50.4 Å². The van der Waals surface area contributed by atoms with Crippen LogP contribution in [-0.2, 0) is 14.8 Å². The molecule has 0 aliphatic carbocycles. The van der Waals surface area contributed by atoms with Crippen LogP contribution in [-0.4, -0.2) is 72.3 Å². The molecule has 0 aromatic carbocycles. The lowest BCUT2D eigenvalue weighted by Crippen LogP contribution is -2.54. The smallest absolute Gasteiger partial charge is 0.253 e. The Morgan fingerprint density at radius 3 is 2.55 bits per heavy atom. The van der Waals surface area contributed by atoms with Crippen LogP contribution in [0.4, 0.5) is 5.82 Å². The number of amides is 1. The third-order valence-corrected chi connectivity index (χ3v) is 9.12. The number of hydrogen-bond acceptors (Lipinski definition) is 7. The third-order valence-electron chi connectivity index (χ3n) is 5.84. The van der Waals surface area contributed by atoms with E-state index in [1.54, 1.807) is 22.4 Å². The minimum absolute atomic E-state index is 0.0842. The number of aryl methyl sites for hydroxylation is 1. The zero-order valence-corrected chi connectivity index (χ0v) is 19.8. The molecular weight excluding hydrogens is 434 g/mol. The lowest BCUT2D eigenvalue weighted by atomic mass is 10.2. The summed E-state index contributed by atoms with van der Waals surface area (Å²) in [6.45, 7) is 8.98. The highest BCUT2D eigenvalue weighted by Gasteiger charge is 2.42. The van der Waals surface area contributed by atoms with Crippen molar-refractivity contribution in [2.24, 2.45) is 0 Å². The highest BCUT2D eigenvalue weighted by molar-refractivity contribution is 7.91. The van der Waals surface area contributed by atoms with Crippen molar-refractivity contribution in [3.8, 4) is 0 Å². The molecule has 0 bridgehead atoms. The summed E-state index contributed by atoms with van der Waals surface area (Å²) < 4.78 is 27.7. The van der Waals surface area contributed by atoms with E-state index in [9.17, 15) is 13.2 Å². The standard InChI is InChI=1S/C21H29N5O3S2/c1-15(2)20-22-16(3)14-18(23-20)24-9-11-25(12-10-24)21(27)17-6-4-8-26(17)31(28,29)19-7-5-13-30-19/h5,7,13-15,17H,4,6,8-12H2,1-3H3. The van der Waals surface area contributed by atoms with E-state index in [4.69, 9.17) is 4.98 Å². The minimum Gasteiger partial charge on any atom is -0.353 e. The van der Waals surface area contributed by atoms with Gasteiger partial charge in [-0.1, -0.05) is 19.9 Å². The Hall–Kier alpha value is -2.04. The highest BCUT2D eigenvalue weighted by Crippen LogP contribution is 2.30. The maximum absolute atomic E-state index is 13.2. The van der Waals surface area contributed by atoms with E-state index >= 15 is 0 Å². The van der Waals surface area contributed by atoms with Gasteiger partial charge in [-0.05, 0) is 31.2 Å². The number of sulfonamides is 1. The molecule has 31 heavy (non-hydrogen) atoms. The van der Waals surface area contributed by atoms with E-state index in [0.29, 0.717) is 49.8 Å². The Morgan fingerprint density at radius 1 is 1.16 bits per heavy atom. The highest BCUT2D eigenvalue weighted by atomic mass is 32.2. The summed E-state index contributed by atoms with van der Waals surface area (Å²) >= 11 is 1.19. The van der Waals surface area contributed by atoms with Crippen LogP contribution in [0, 0.1) is 6.92 Å². The van der Waals surface area contributed by atoms with Gasteiger partial charge in [0.15, 0.2) is 0 Å². The van der Waals surface area contributed by atoms with Crippen molar-refractivity contribution in [3.05, 3.63) is 35.1 Å². The number of carbonyl (C=O) groups is 1. The van der Waals surface area contributed by atoms with E-state index in [0.717, 1.165) is 17.3 Å². The Morgan fingerprint density at radius 2 is 1.90 bits per heavy atom. The van der Waals surface area contributed by atoms with Gasteiger partial charge in [0.25, 0.3) is 10.0 Å². The molecule has 1 atom stereocenters. The Balaban J connectivity index is 1.44. The molecule has 1 amide bonds. The summed E-state index contributed by atoms with van der Waals surface area (Å²) in [5.74, 6) is 1.89. The molecular formula is C21H29N5O3S2. The van der Waals surface area contributed by atoms with Crippen molar-refractivity contribution in [2.45, 2.75) is 49.8 Å². The second kappa shape index (κ2) is 8.84. The fourth-order valence-corrected chi connectivity index (χ4v) is 6.93. The van der Waals surface area contributed by atoms with Crippen molar-refractivity contribution < 1.29 is 13.2 Å². The predicted molar refractivity (Wildman–Crippen MR) is 121 cm³/mol. The third kappa shape index (κ3) is 4.47. The van der Waals surface area contributed by atoms with Gasteiger partial charge in [-0.3, -0.25) is 4.79 Å². The van der Waals surface area contributed by atoms with Crippen molar-refractivity contribution in [2.75, 3.05) is 37.6 Å². The van der Waals surface area contributed by atoms with Crippen molar-refractivity contribution >= 4 is 33.1 Å². The summed E-state index contributed by atoms with van der Waals surface area (Å²) in [6.07, 6.45) is 1.28. The largest absolute Gasteiger partial charge is 0.353 e. The monoisotopic (exact) mass is 463 g/mol. The molecule has 1 unspecified atom stereocenters. The molecule has 0 radical (unpaired) electrons. The molecule has 2 saturated heterocycles. The second-order valence-electron chi connectivity index (χ2n) is 8.40. The summed E-state index contributed by atoms with van der Waals surface area (Å²) in [7, 11) is -3.62. The molecule has 2 fully saturated rings. The zero-order valence-electron chi connectivity index (χ0n) is 18.2. The number of hydrogen-bond donors (Lipinski definition) is 0. The fourth-order valence-electron chi connectivity index (χ4n) is 4.16. The summed E-state index contributed by atoms with van der Waals surface area (Å²) in [6, 6.07) is 4.71. The maximum atomic E-state index is 13.2. The van der Waals surface area contributed by atoms with Crippen molar-refractivity contribution in [3.63, 3.8) is 0 Å². The van der Waals surface area contributed by atoms with Gasteiger partial charge in [-0.2, -0.15) is 4.31 Å². The maximum Gasteiger partial charge on any atom is 0.253 e. The van der Waals surface area contributed by atoms with E-state index < -0.39 is 16.1 Å². The molecule has 0 saturated carbocycles. The van der Waals surface area contributed by atoms with Gasteiger partial charge in [0.2, 0.25) is 5.91 Å². The first-order valence-electron chi connectivity index (χ1n) is 10.7. The molecule has 2 aromatic heterocycles. The molecule has 10 heteroatoms. The molecule has 4 rings (SSSR count). The number of thiophene rings is 1. The number of anilines is 1. The first kappa shape index (κ1) is 22.2. The topological polar surface area (TPSA) is 86.7 Å². The first-order chi connectivity index (χ1) is 14.8. The average Bonchev–Trinajstić information content (AvgIpc) is 3.45. The van der Waals surface area contributed by atoms with Crippen LogP contribution in [0.15, 0.2) is 27.8 Å². The lowest BCUT2D eigenvalue weighted by molar-refractivity contribution is -0.134. The normalized spacial score (nSPS) is 20.6. The number of rotatable bonds is 5. The van der Waals surface area contributed by atoms with Gasteiger partial charge >= 0.3 is 0 Å². The molecule has 0 spiro atoms. The molecule has 8 nitrogen and oxygen atoms in total. The number of nitrogens with zero attached hydrogens (tertiary/aromatic N) is 5. The van der Waals surface area contributed by atoms with E-state index in [-0.39, 0.29) is 11.8 Å². The van der Waals surface area contributed by atoms with E-state index in [1.165, 1.54) is 15.6 Å². The summed E-state index contributed by atoms with van der Waals surface area (Å²) in [5.41, 5.74) is 0.938. The molecule has 4 heterocycles. The van der Waals surface area contributed by atoms with Gasteiger partial charge in [0.1, 0.15) is 21.9 Å². The van der Waals surface area contributed by atoms with Crippen LogP contribution in [0.2, 0.25) is 0 Å². The van der Waals surface area contributed by atoms with Crippen molar-refractivity contribution in [1.82, 2.24) is 19.2 Å². The average molecular weight is 464 g/mol. The SMILES string of the molecule is Cc1cc(N2CCN(C(=O)C3CCCN3S(=O)(=O)c3cccs3)CC2)nc(C(C)C)n1. The second-order valence-corrected chi connectivity index (χ2v) is 11.5. The Kier molecular flexibility index (Phi) is 6.32. The molecule has 2 aromatic rings. The first-order valence-corrected chi connectivity index (χ1v) is 13.0. The molecule has 2 aliphatic heterocycles. The van der Waals surface area contributed by atoms with Gasteiger partial charge in [-0.15, -0.1) is 11.3 Å². The number of aromatic nitrogens is 2. The Labute approximate surface area is 188 Å². The number of piperazine rings is 1. The molecule has 2 aliphatic rings. The molecule has 0 N–H and O–H groups in total. The van der Waals surface area contributed by atoms with Crippen LogP contribution in [0.5, 0.6) is 0 Å². The van der Waals surface area contributed by atoms with Gasteiger partial charge in [0.05, 0.1) is 0 Å². The Bertz CT molecular complexity index is 1030. The quantitative estimate of drug-likeness (QED) is 0.677. The van der Waals surface area contributed by atoms with Crippen LogP contribution in [0.1, 0.15) is 44.1 Å². The fraction of sp³-hybridized carbons (Fsp3) is 0.571. The number of carbonyl (C=O) groups excluding carboxylic acids is 1. The van der Waals surface area contributed by atoms with Crippen LogP contribution in [0.25, 0.3) is 0 Å². The minimum atomic E-state index is -3.62. The summed E-state index contributed by atoms with van der Waals surface area (Å²) in [4.78, 5) is 26.4. The van der Waals surface area contributed by atoms with E-state index in [2.05, 4.69) is 23.7 Å². The van der Waals surface area contributed by atoms with Crippen LogP contribution >= 0.6 is 11.3 Å². The van der Waals surface area contributed by atoms with Crippen LogP contribution < -0.4 is 4.90 Å². The van der Waals surface area contributed by atoms with E-state index in [1.807, 2.05) is 13.0 Å². The van der Waals surface area contributed by atoms with Crippen molar-refractivity contribution in [1.29, 1.82) is 0 Å². The van der Waals surface area contributed by atoms with Crippen LogP contribution in [0.3, 0.4) is 0 Å². The molecule has 168 valence electrons. The van der Waals surface area contributed by atoms with Gasteiger partial charge in [-0.25, -0.2) is 18.4 Å².